The summed E-state index contributed by atoms with van der Waals surface area (Å²) in [5.41, 5.74) is 0.800. The second kappa shape index (κ2) is 6.62. The van der Waals surface area contributed by atoms with Gasteiger partial charge in [-0.3, -0.25) is 4.79 Å². The van der Waals surface area contributed by atoms with E-state index in [0.717, 1.165) is 42.0 Å². The van der Waals surface area contributed by atoms with Gasteiger partial charge in [0.1, 0.15) is 0 Å². The van der Waals surface area contributed by atoms with Crippen LogP contribution in [0, 0.1) is 11.3 Å². The van der Waals surface area contributed by atoms with Crippen LogP contribution in [-0.2, 0) is 4.79 Å². The molecule has 112 valence electrons. The first kappa shape index (κ1) is 14.6. The molecule has 1 atom stereocenters. The molecule has 2 aromatic carbocycles. The molecule has 2 aromatic rings. The summed E-state index contributed by atoms with van der Waals surface area (Å²) >= 11 is 0. The number of rotatable bonds is 3. The summed E-state index contributed by atoms with van der Waals surface area (Å²) in [6.45, 7) is 0. The molecule has 0 bridgehead atoms. The van der Waals surface area contributed by atoms with Crippen LogP contribution in [0.1, 0.15) is 43.6 Å². The average molecular weight is 292 g/mol. The Bertz CT molecular complexity index is 705. The molecular formula is C19H20N2O. The molecule has 1 unspecified atom stereocenters. The maximum atomic E-state index is 12.6. The fourth-order valence-corrected chi connectivity index (χ4v) is 3.30. The van der Waals surface area contributed by atoms with Gasteiger partial charge in [0.15, 0.2) is 5.92 Å². The Kier molecular flexibility index (Phi) is 4.39. The largest absolute Gasteiger partial charge is 0.352 e. The lowest BCUT2D eigenvalue weighted by Gasteiger charge is -2.24. The lowest BCUT2D eigenvalue weighted by atomic mass is 9.91. The van der Waals surface area contributed by atoms with Crippen molar-refractivity contribution in [1.82, 2.24) is 5.32 Å². The molecule has 1 N–H and O–H groups in total. The van der Waals surface area contributed by atoms with Crippen molar-refractivity contribution >= 4 is 16.7 Å². The molecular weight excluding hydrogens is 272 g/mol. The van der Waals surface area contributed by atoms with Gasteiger partial charge in [-0.1, -0.05) is 61.7 Å². The molecule has 1 fully saturated rings. The van der Waals surface area contributed by atoms with Crippen LogP contribution in [0.3, 0.4) is 0 Å². The molecule has 0 aromatic heterocycles. The number of benzene rings is 2. The molecule has 1 aliphatic rings. The zero-order chi connectivity index (χ0) is 15.4. The minimum absolute atomic E-state index is 0.161. The Balaban J connectivity index is 1.86. The van der Waals surface area contributed by atoms with Gasteiger partial charge in [-0.15, -0.1) is 0 Å². The number of amides is 1. The Morgan fingerprint density at radius 1 is 1.09 bits per heavy atom. The Hall–Kier alpha value is -2.34. The monoisotopic (exact) mass is 292 g/mol. The minimum atomic E-state index is -0.743. The summed E-state index contributed by atoms with van der Waals surface area (Å²) < 4.78 is 0. The molecule has 1 aliphatic carbocycles. The summed E-state index contributed by atoms with van der Waals surface area (Å²) in [6, 6.07) is 16.1. The molecule has 0 aliphatic heterocycles. The Morgan fingerprint density at radius 2 is 1.82 bits per heavy atom. The standard InChI is InChI=1S/C19H20N2O/c20-13-18(19(22)21-15-9-2-1-3-10-15)17-12-6-8-14-7-4-5-11-16(14)17/h4-8,11-12,15,18H,1-3,9-10H2,(H,21,22). The van der Waals surface area contributed by atoms with Gasteiger partial charge in [-0.2, -0.15) is 5.26 Å². The number of nitriles is 1. The third kappa shape index (κ3) is 2.96. The third-order valence-electron chi connectivity index (χ3n) is 4.48. The van der Waals surface area contributed by atoms with Gasteiger partial charge in [0.05, 0.1) is 6.07 Å². The lowest BCUT2D eigenvalue weighted by molar-refractivity contribution is -0.122. The lowest BCUT2D eigenvalue weighted by Crippen LogP contribution is -2.38. The van der Waals surface area contributed by atoms with Crippen LogP contribution in [0.25, 0.3) is 10.8 Å². The molecule has 0 radical (unpaired) electrons. The van der Waals surface area contributed by atoms with Crippen molar-refractivity contribution < 1.29 is 4.79 Å². The predicted molar refractivity (Wildman–Crippen MR) is 87.3 cm³/mol. The van der Waals surface area contributed by atoms with E-state index in [0.29, 0.717) is 0 Å². The van der Waals surface area contributed by atoms with Crippen LogP contribution in [0.4, 0.5) is 0 Å². The van der Waals surface area contributed by atoms with E-state index in [1.807, 2.05) is 42.5 Å². The van der Waals surface area contributed by atoms with E-state index in [1.54, 1.807) is 0 Å². The van der Waals surface area contributed by atoms with Gasteiger partial charge in [0.25, 0.3) is 0 Å². The highest BCUT2D eigenvalue weighted by molar-refractivity contribution is 5.94. The zero-order valence-electron chi connectivity index (χ0n) is 12.6. The average Bonchev–Trinajstić information content (AvgIpc) is 2.57. The van der Waals surface area contributed by atoms with Crippen molar-refractivity contribution in [1.29, 1.82) is 5.26 Å². The summed E-state index contributed by atoms with van der Waals surface area (Å²) in [4.78, 5) is 12.6. The minimum Gasteiger partial charge on any atom is -0.352 e. The van der Waals surface area contributed by atoms with Crippen LogP contribution < -0.4 is 5.32 Å². The van der Waals surface area contributed by atoms with Crippen LogP contribution in [0.15, 0.2) is 42.5 Å². The second-order valence-corrected chi connectivity index (χ2v) is 5.97. The van der Waals surface area contributed by atoms with Crippen molar-refractivity contribution in [3.8, 4) is 6.07 Å². The normalized spacial score (nSPS) is 16.9. The highest BCUT2D eigenvalue weighted by Gasteiger charge is 2.25. The van der Waals surface area contributed by atoms with E-state index in [1.165, 1.54) is 6.42 Å². The van der Waals surface area contributed by atoms with Gasteiger partial charge in [-0.25, -0.2) is 0 Å². The van der Waals surface area contributed by atoms with E-state index in [2.05, 4.69) is 11.4 Å². The number of nitrogens with zero attached hydrogens (tertiary/aromatic N) is 1. The third-order valence-corrected chi connectivity index (χ3v) is 4.48. The topological polar surface area (TPSA) is 52.9 Å². The molecule has 3 rings (SSSR count). The number of hydrogen-bond acceptors (Lipinski definition) is 2. The fraction of sp³-hybridized carbons (Fsp3) is 0.368. The van der Waals surface area contributed by atoms with Crippen molar-refractivity contribution in [2.45, 2.75) is 44.1 Å². The first-order valence-electron chi connectivity index (χ1n) is 7.97. The number of carbonyl (C=O) groups excluding carboxylic acids is 1. The molecule has 3 heteroatoms. The van der Waals surface area contributed by atoms with E-state index >= 15 is 0 Å². The van der Waals surface area contributed by atoms with Gasteiger partial charge in [-0.05, 0) is 29.2 Å². The maximum absolute atomic E-state index is 12.6. The van der Waals surface area contributed by atoms with E-state index in [-0.39, 0.29) is 11.9 Å². The first-order valence-corrected chi connectivity index (χ1v) is 7.97. The molecule has 0 spiro atoms. The molecule has 0 heterocycles. The highest BCUT2D eigenvalue weighted by Crippen LogP contribution is 2.26. The predicted octanol–water partition coefficient (Wildman–Crippen LogP) is 3.90. The van der Waals surface area contributed by atoms with Crippen LogP contribution in [0.2, 0.25) is 0 Å². The Morgan fingerprint density at radius 3 is 2.59 bits per heavy atom. The molecule has 22 heavy (non-hydrogen) atoms. The fourth-order valence-electron chi connectivity index (χ4n) is 3.30. The van der Waals surface area contributed by atoms with Crippen molar-refractivity contribution in [3.05, 3.63) is 48.0 Å². The molecule has 1 amide bonds. The molecule has 3 nitrogen and oxygen atoms in total. The van der Waals surface area contributed by atoms with Crippen LogP contribution in [0.5, 0.6) is 0 Å². The summed E-state index contributed by atoms with van der Waals surface area (Å²) in [6.07, 6.45) is 5.63. The van der Waals surface area contributed by atoms with Crippen molar-refractivity contribution in [2.24, 2.45) is 0 Å². The first-order chi connectivity index (χ1) is 10.8. The molecule has 1 saturated carbocycles. The number of hydrogen-bond donors (Lipinski definition) is 1. The number of nitrogens with one attached hydrogen (secondary N) is 1. The Labute approximate surface area is 130 Å². The number of carbonyl (C=O) groups is 1. The second-order valence-electron chi connectivity index (χ2n) is 5.97. The van der Waals surface area contributed by atoms with Gasteiger partial charge in [0, 0.05) is 6.04 Å². The van der Waals surface area contributed by atoms with Crippen LogP contribution in [-0.4, -0.2) is 11.9 Å². The quantitative estimate of drug-likeness (QED) is 0.933. The van der Waals surface area contributed by atoms with Crippen molar-refractivity contribution in [2.75, 3.05) is 0 Å². The van der Waals surface area contributed by atoms with Crippen molar-refractivity contribution in [3.63, 3.8) is 0 Å². The summed E-state index contributed by atoms with van der Waals surface area (Å²) in [5.74, 6) is -0.904. The van der Waals surface area contributed by atoms with Gasteiger partial charge in [0.2, 0.25) is 5.91 Å². The summed E-state index contributed by atoms with van der Waals surface area (Å²) in [7, 11) is 0. The molecule has 0 saturated heterocycles. The van der Waals surface area contributed by atoms with E-state index < -0.39 is 5.92 Å². The maximum Gasteiger partial charge on any atom is 0.242 e. The van der Waals surface area contributed by atoms with Gasteiger partial charge < -0.3 is 5.32 Å². The van der Waals surface area contributed by atoms with E-state index in [9.17, 15) is 10.1 Å². The zero-order valence-corrected chi connectivity index (χ0v) is 12.6. The summed E-state index contributed by atoms with van der Waals surface area (Å²) in [5, 5.41) is 14.6. The number of fused-ring (bicyclic) bond motifs is 1. The smallest absolute Gasteiger partial charge is 0.242 e. The van der Waals surface area contributed by atoms with E-state index in [4.69, 9.17) is 0 Å². The SMILES string of the molecule is N#CC(C(=O)NC1CCCCC1)c1cccc2ccccc12. The van der Waals surface area contributed by atoms with Gasteiger partial charge >= 0.3 is 0 Å². The van der Waals surface area contributed by atoms with Crippen LogP contribution >= 0.6 is 0 Å². The highest BCUT2D eigenvalue weighted by atomic mass is 16.1.